The molecule has 1 atom stereocenters. The zero-order chi connectivity index (χ0) is 10.8. The molecule has 1 aromatic rings. The first-order valence-electron chi connectivity index (χ1n) is 4.85. The first kappa shape index (κ1) is 9.83. The van der Waals surface area contributed by atoms with Crippen molar-refractivity contribution in [3.8, 4) is 5.75 Å². The van der Waals surface area contributed by atoms with E-state index in [1.165, 1.54) is 0 Å². The molecule has 0 spiro atoms. The Morgan fingerprint density at radius 2 is 2.27 bits per heavy atom. The number of phenols is 1. The predicted molar refractivity (Wildman–Crippen MR) is 54.7 cm³/mol. The van der Waals surface area contributed by atoms with Gasteiger partial charge in [0.05, 0.1) is 6.04 Å². The normalized spacial score (nSPS) is 20.5. The highest BCUT2D eigenvalue weighted by molar-refractivity contribution is 5.69. The van der Waals surface area contributed by atoms with Gasteiger partial charge in [-0.1, -0.05) is 18.2 Å². The van der Waals surface area contributed by atoms with E-state index < -0.39 is 0 Å². The number of benzene rings is 1. The van der Waals surface area contributed by atoms with Crippen molar-refractivity contribution in [2.45, 2.75) is 12.5 Å². The van der Waals surface area contributed by atoms with Crippen LogP contribution in [0.4, 0.5) is 4.79 Å². The molecule has 1 amide bonds. The van der Waals surface area contributed by atoms with Crippen molar-refractivity contribution in [3.05, 3.63) is 29.8 Å². The monoisotopic (exact) mass is 207 g/mol. The van der Waals surface area contributed by atoms with Gasteiger partial charge in [0.2, 0.25) is 0 Å². The van der Waals surface area contributed by atoms with Crippen LogP contribution < -0.4 is 0 Å². The molecule has 4 heteroatoms. The molecule has 0 radical (unpaired) electrons. The number of aromatic hydroxyl groups is 1. The van der Waals surface area contributed by atoms with Crippen LogP contribution in [0.2, 0.25) is 0 Å². The van der Waals surface area contributed by atoms with Gasteiger partial charge in [0, 0.05) is 7.05 Å². The summed E-state index contributed by atoms with van der Waals surface area (Å²) >= 11 is 0. The molecule has 2 rings (SSSR count). The maximum atomic E-state index is 11.1. The number of nitrogens with zero attached hydrogens (tertiary/aromatic N) is 1. The number of phenolic OH excluding ortho intramolecular Hbond substituents is 1. The molecule has 1 fully saturated rings. The molecule has 80 valence electrons. The molecule has 15 heavy (non-hydrogen) atoms. The molecular weight excluding hydrogens is 194 g/mol. The first-order valence-corrected chi connectivity index (χ1v) is 4.85. The molecule has 0 bridgehead atoms. The standard InChI is InChI=1S/C11H13NO3/c1-12-9(7-15-11(12)14)6-8-4-2-3-5-10(8)13/h2-5,9,13H,6-7H2,1H3. The van der Waals surface area contributed by atoms with Gasteiger partial charge in [0.15, 0.2) is 0 Å². The summed E-state index contributed by atoms with van der Waals surface area (Å²) in [5, 5.41) is 9.58. The lowest BCUT2D eigenvalue weighted by molar-refractivity contribution is 0.163. The van der Waals surface area contributed by atoms with Crippen LogP contribution in [0.1, 0.15) is 5.56 Å². The number of likely N-dealkylation sites (N-methyl/N-ethyl adjacent to an activating group) is 1. The number of rotatable bonds is 2. The van der Waals surface area contributed by atoms with Gasteiger partial charge in [0.25, 0.3) is 0 Å². The molecule has 1 unspecified atom stereocenters. The van der Waals surface area contributed by atoms with Crippen LogP contribution in [0.5, 0.6) is 5.75 Å². The number of hydrogen-bond donors (Lipinski definition) is 1. The minimum Gasteiger partial charge on any atom is -0.508 e. The molecule has 1 N–H and O–H groups in total. The molecule has 1 saturated heterocycles. The van der Waals surface area contributed by atoms with Crippen LogP contribution in [-0.2, 0) is 11.2 Å². The summed E-state index contributed by atoms with van der Waals surface area (Å²) in [5.74, 6) is 0.269. The van der Waals surface area contributed by atoms with Crippen molar-refractivity contribution in [3.63, 3.8) is 0 Å². The van der Waals surface area contributed by atoms with Gasteiger partial charge < -0.3 is 14.7 Å². The lowest BCUT2D eigenvalue weighted by atomic mass is 10.1. The second-order valence-corrected chi connectivity index (χ2v) is 3.67. The molecule has 1 aliphatic heterocycles. The molecule has 1 aliphatic rings. The fraction of sp³-hybridized carbons (Fsp3) is 0.364. The molecule has 0 aromatic heterocycles. The van der Waals surface area contributed by atoms with Crippen molar-refractivity contribution in [1.29, 1.82) is 0 Å². The Labute approximate surface area is 88.1 Å². The van der Waals surface area contributed by atoms with Gasteiger partial charge in [-0.3, -0.25) is 0 Å². The van der Waals surface area contributed by atoms with Crippen LogP contribution in [0.15, 0.2) is 24.3 Å². The van der Waals surface area contributed by atoms with Crippen molar-refractivity contribution < 1.29 is 14.6 Å². The fourth-order valence-electron chi connectivity index (χ4n) is 1.66. The average molecular weight is 207 g/mol. The van der Waals surface area contributed by atoms with Gasteiger partial charge in [0.1, 0.15) is 12.4 Å². The Bertz CT molecular complexity index is 378. The summed E-state index contributed by atoms with van der Waals surface area (Å²) in [7, 11) is 1.71. The predicted octanol–water partition coefficient (Wildman–Crippen LogP) is 1.39. The zero-order valence-electron chi connectivity index (χ0n) is 8.51. The van der Waals surface area contributed by atoms with Crippen LogP contribution >= 0.6 is 0 Å². The van der Waals surface area contributed by atoms with Crippen molar-refractivity contribution in [2.24, 2.45) is 0 Å². The van der Waals surface area contributed by atoms with Gasteiger partial charge in [-0.2, -0.15) is 0 Å². The number of carbonyl (C=O) groups excluding carboxylic acids is 1. The van der Waals surface area contributed by atoms with E-state index in [-0.39, 0.29) is 17.9 Å². The maximum Gasteiger partial charge on any atom is 0.409 e. The maximum absolute atomic E-state index is 11.1. The first-order chi connectivity index (χ1) is 7.18. The summed E-state index contributed by atoms with van der Waals surface area (Å²) in [4.78, 5) is 12.7. The molecule has 4 nitrogen and oxygen atoms in total. The number of amides is 1. The van der Waals surface area contributed by atoms with Gasteiger partial charge in [-0.05, 0) is 18.1 Å². The van der Waals surface area contributed by atoms with Crippen LogP contribution in [0, 0.1) is 0 Å². The number of ether oxygens (including phenoxy) is 1. The summed E-state index contributed by atoms with van der Waals surface area (Å²) in [6, 6.07) is 7.16. The molecular formula is C11H13NO3. The van der Waals surface area contributed by atoms with E-state index in [0.29, 0.717) is 13.0 Å². The number of hydrogen-bond acceptors (Lipinski definition) is 3. The topological polar surface area (TPSA) is 49.8 Å². The Morgan fingerprint density at radius 1 is 1.53 bits per heavy atom. The average Bonchev–Trinajstić information content (AvgIpc) is 2.53. The Hall–Kier alpha value is -1.71. The fourth-order valence-corrected chi connectivity index (χ4v) is 1.66. The van der Waals surface area contributed by atoms with Crippen LogP contribution in [-0.4, -0.2) is 35.8 Å². The third kappa shape index (κ3) is 1.88. The van der Waals surface area contributed by atoms with E-state index in [9.17, 15) is 9.90 Å². The highest BCUT2D eigenvalue weighted by Crippen LogP contribution is 2.21. The molecule has 1 heterocycles. The second kappa shape index (κ2) is 3.81. The third-order valence-corrected chi connectivity index (χ3v) is 2.68. The highest BCUT2D eigenvalue weighted by Gasteiger charge is 2.29. The Balaban J connectivity index is 2.10. The quantitative estimate of drug-likeness (QED) is 0.797. The summed E-state index contributed by atoms with van der Waals surface area (Å²) in [6.45, 7) is 0.393. The van der Waals surface area contributed by atoms with Crippen LogP contribution in [0.25, 0.3) is 0 Å². The number of cyclic esters (lactones) is 1. The molecule has 0 aliphatic carbocycles. The second-order valence-electron chi connectivity index (χ2n) is 3.67. The third-order valence-electron chi connectivity index (χ3n) is 2.68. The van der Waals surface area contributed by atoms with E-state index >= 15 is 0 Å². The Morgan fingerprint density at radius 3 is 2.87 bits per heavy atom. The van der Waals surface area contributed by atoms with Crippen molar-refractivity contribution >= 4 is 6.09 Å². The smallest absolute Gasteiger partial charge is 0.409 e. The van der Waals surface area contributed by atoms with Gasteiger partial charge in [-0.15, -0.1) is 0 Å². The summed E-state index contributed by atoms with van der Waals surface area (Å²) < 4.78 is 4.90. The van der Waals surface area contributed by atoms with E-state index in [0.717, 1.165) is 5.56 Å². The van der Waals surface area contributed by atoms with E-state index in [1.54, 1.807) is 24.1 Å². The van der Waals surface area contributed by atoms with E-state index in [4.69, 9.17) is 4.74 Å². The van der Waals surface area contributed by atoms with Crippen molar-refractivity contribution in [2.75, 3.05) is 13.7 Å². The zero-order valence-corrected chi connectivity index (χ0v) is 8.51. The molecule has 0 saturated carbocycles. The van der Waals surface area contributed by atoms with Gasteiger partial charge in [-0.25, -0.2) is 4.79 Å². The Kier molecular flexibility index (Phi) is 2.49. The number of para-hydroxylation sites is 1. The van der Waals surface area contributed by atoms with Crippen LogP contribution in [0.3, 0.4) is 0 Å². The lowest BCUT2D eigenvalue weighted by Gasteiger charge is -2.16. The summed E-state index contributed by atoms with van der Waals surface area (Å²) in [5.41, 5.74) is 0.840. The van der Waals surface area contributed by atoms with E-state index in [2.05, 4.69) is 0 Å². The minimum atomic E-state index is -0.296. The SMILES string of the molecule is CN1C(=O)OCC1Cc1ccccc1O. The van der Waals surface area contributed by atoms with Gasteiger partial charge >= 0.3 is 6.09 Å². The highest BCUT2D eigenvalue weighted by atomic mass is 16.6. The van der Waals surface area contributed by atoms with E-state index in [1.807, 2.05) is 12.1 Å². The number of carbonyl (C=O) groups is 1. The largest absolute Gasteiger partial charge is 0.508 e. The lowest BCUT2D eigenvalue weighted by Crippen LogP contribution is -2.31. The summed E-state index contributed by atoms with van der Waals surface area (Å²) in [6.07, 6.45) is 0.324. The minimum absolute atomic E-state index is 0.0193. The molecule has 1 aromatic carbocycles. The van der Waals surface area contributed by atoms with Crippen molar-refractivity contribution in [1.82, 2.24) is 4.90 Å².